The molecule has 1 aromatic carbocycles. The molecule has 3 saturated carbocycles. The van der Waals surface area contributed by atoms with Gasteiger partial charge < -0.3 is 10.1 Å². The summed E-state index contributed by atoms with van der Waals surface area (Å²) >= 11 is 5.84. The molecule has 4 heteroatoms. The molecule has 1 amide bonds. The lowest BCUT2D eigenvalue weighted by Gasteiger charge is -2.68. The molecule has 3 aliphatic rings. The van der Waals surface area contributed by atoms with Crippen LogP contribution in [-0.4, -0.2) is 17.7 Å². The summed E-state index contributed by atoms with van der Waals surface area (Å²) in [6.07, 6.45) is 3.39. The van der Waals surface area contributed by atoms with E-state index < -0.39 is 0 Å². The molecule has 0 unspecified atom stereocenters. The fraction of sp³-hybridized carbons (Fsp3) is 0.385. The summed E-state index contributed by atoms with van der Waals surface area (Å²) in [6.45, 7) is 0. The molecular formula is C13H12ClNO2. The van der Waals surface area contributed by atoms with Crippen LogP contribution in [-0.2, 0) is 4.79 Å². The predicted octanol–water partition coefficient (Wildman–Crippen LogP) is 2.19. The van der Waals surface area contributed by atoms with Gasteiger partial charge in [-0.2, -0.15) is 0 Å². The Kier molecular flexibility index (Phi) is 2.11. The number of carbonyl (C=O) groups excluding carboxylic acids is 2. The van der Waals surface area contributed by atoms with E-state index in [0.29, 0.717) is 10.6 Å². The van der Waals surface area contributed by atoms with Crippen LogP contribution in [0.3, 0.4) is 0 Å². The second kappa shape index (κ2) is 3.33. The van der Waals surface area contributed by atoms with E-state index in [-0.39, 0.29) is 16.9 Å². The maximum Gasteiger partial charge on any atom is 0.251 e. The summed E-state index contributed by atoms with van der Waals surface area (Å²) in [7, 11) is 0. The van der Waals surface area contributed by atoms with Crippen molar-refractivity contribution in [3.63, 3.8) is 0 Å². The summed E-state index contributed by atoms with van der Waals surface area (Å²) < 4.78 is 0. The lowest BCUT2D eigenvalue weighted by atomic mass is 9.40. The topological polar surface area (TPSA) is 46.2 Å². The number of nitrogens with one attached hydrogen (secondary N) is 1. The van der Waals surface area contributed by atoms with Crippen molar-refractivity contribution in [3.05, 3.63) is 34.9 Å². The molecule has 0 atom stereocenters. The fourth-order valence-electron chi connectivity index (χ4n) is 3.07. The Hall–Kier alpha value is -1.35. The molecule has 17 heavy (non-hydrogen) atoms. The highest BCUT2D eigenvalue weighted by atomic mass is 35.5. The summed E-state index contributed by atoms with van der Waals surface area (Å²) in [5.41, 5.74) is 0.324. The highest BCUT2D eigenvalue weighted by molar-refractivity contribution is 6.30. The van der Waals surface area contributed by atoms with Gasteiger partial charge in [-0.05, 0) is 37.5 Å². The molecule has 0 aromatic heterocycles. The van der Waals surface area contributed by atoms with Crippen LogP contribution in [0.5, 0.6) is 0 Å². The summed E-state index contributed by atoms with van der Waals surface area (Å²) in [5, 5.41) is 3.56. The second-order valence-electron chi connectivity index (χ2n) is 5.26. The van der Waals surface area contributed by atoms with Gasteiger partial charge in [-0.25, -0.2) is 0 Å². The van der Waals surface area contributed by atoms with Crippen LogP contribution in [0.1, 0.15) is 29.6 Å². The lowest BCUT2D eigenvalue weighted by molar-refractivity contribution is -0.162. The van der Waals surface area contributed by atoms with Crippen molar-refractivity contribution in [2.45, 2.75) is 24.8 Å². The fourth-order valence-corrected chi connectivity index (χ4v) is 3.26. The van der Waals surface area contributed by atoms with Crippen LogP contribution in [0, 0.1) is 5.41 Å². The summed E-state index contributed by atoms with van der Waals surface area (Å²) in [5.74, 6) is -0.105. The third-order valence-electron chi connectivity index (χ3n) is 3.79. The molecule has 0 spiro atoms. The van der Waals surface area contributed by atoms with E-state index >= 15 is 0 Å². The van der Waals surface area contributed by atoms with Crippen LogP contribution >= 0.6 is 11.6 Å². The number of rotatable bonds is 3. The minimum absolute atomic E-state index is 0.105. The van der Waals surface area contributed by atoms with Crippen LogP contribution in [0.15, 0.2) is 24.3 Å². The molecule has 4 rings (SSSR count). The van der Waals surface area contributed by atoms with E-state index in [2.05, 4.69) is 5.32 Å². The Bertz CT molecular complexity index is 492. The van der Waals surface area contributed by atoms with Gasteiger partial charge in [0.2, 0.25) is 0 Å². The van der Waals surface area contributed by atoms with Crippen molar-refractivity contribution in [2.24, 2.45) is 5.41 Å². The average Bonchev–Trinajstić information content (AvgIpc) is 2.21. The first-order chi connectivity index (χ1) is 8.06. The molecule has 0 radical (unpaired) electrons. The molecule has 3 nitrogen and oxygen atoms in total. The standard InChI is InChI=1S/C13H12ClNO2/c14-10-3-1-2-9(4-10)11(17)15-13-5-12(6-13,7-13)8-16/h1-4,8H,5-7H2,(H,15,17). The zero-order valence-corrected chi connectivity index (χ0v) is 9.96. The first-order valence-corrected chi connectivity index (χ1v) is 5.99. The lowest BCUT2D eigenvalue weighted by Crippen LogP contribution is -2.75. The van der Waals surface area contributed by atoms with Gasteiger partial charge in [-0.3, -0.25) is 4.79 Å². The normalized spacial score (nSPS) is 33.2. The van der Waals surface area contributed by atoms with Crippen molar-refractivity contribution >= 4 is 23.8 Å². The second-order valence-corrected chi connectivity index (χ2v) is 5.69. The van der Waals surface area contributed by atoms with Crippen molar-refractivity contribution in [3.8, 4) is 0 Å². The van der Waals surface area contributed by atoms with E-state index in [0.717, 1.165) is 25.5 Å². The van der Waals surface area contributed by atoms with E-state index in [4.69, 9.17) is 11.6 Å². The van der Waals surface area contributed by atoms with E-state index in [1.54, 1.807) is 24.3 Å². The zero-order chi connectivity index (χ0) is 12.1. The Morgan fingerprint density at radius 2 is 2.06 bits per heavy atom. The van der Waals surface area contributed by atoms with Crippen LogP contribution in [0.4, 0.5) is 0 Å². The minimum Gasteiger partial charge on any atom is -0.346 e. The Labute approximate surface area is 104 Å². The quantitative estimate of drug-likeness (QED) is 0.835. The van der Waals surface area contributed by atoms with E-state index in [1.807, 2.05) is 0 Å². The van der Waals surface area contributed by atoms with Gasteiger partial charge in [0, 0.05) is 21.5 Å². The van der Waals surface area contributed by atoms with Crippen LogP contribution in [0.2, 0.25) is 5.02 Å². The maximum absolute atomic E-state index is 12.0. The largest absolute Gasteiger partial charge is 0.346 e. The van der Waals surface area contributed by atoms with Gasteiger partial charge in [0.15, 0.2) is 0 Å². The molecule has 0 saturated heterocycles. The molecule has 3 fully saturated rings. The van der Waals surface area contributed by atoms with Gasteiger partial charge in [0.1, 0.15) is 6.29 Å². The minimum atomic E-state index is -0.125. The average molecular weight is 250 g/mol. The molecule has 0 heterocycles. The third kappa shape index (κ3) is 1.57. The highest BCUT2D eigenvalue weighted by Crippen LogP contribution is 2.65. The van der Waals surface area contributed by atoms with Gasteiger partial charge in [-0.15, -0.1) is 0 Å². The molecule has 88 valence electrons. The van der Waals surface area contributed by atoms with Gasteiger partial charge in [0.25, 0.3) is 5.91 Å². The van der Waals surface area contributed by atoms with Gasteiger partial charge in [0.05, 0.1) is 0 Å². The number of hydrogen-bond donors (Lipinski definition) is 1. The molecule has 3 aliphatic carbocycles. The van der Waals surface area contributed by atoms with Crippen molar-refractivity contribution in [1.29, 1.82) is 0 Å². The van der Waals surface area contributed by atoms with E-state index in [1.165, 1.54) is 0 Å². The van der Waals surface area contributed by atoms with E-state index in [9.17, 15) is 9.59 Å². The third-order valence-corrected chi connectivity index (χ3v) is 4.02. The smallest absolute Gasteiger partial charge is 0.251 e. The van der Waals surface area contributed by atoms with Gasteiger partial charge >= 0.3 is 0 Å². The molecule has 2 bridgehead atoms. The number of halogens is 1. The molecular weight excluding hydrogens is 238 g/mol. The van der Waals surface area contributed by atoms with Crippen molar-refractivity contribution < 1.29 is 9.59 Å². The van der Waals surface area contributed by atoms with Crippen LogP contribution < -0.4 is 5.32 Å². The predicted molar refractivity (Wildman–Crippen MR) is 64.0 cm³/mol. The summed E-state index contributed by atoms with van der Waals surface area (Å²) in [4.78, 5) is 22.7. The number of amides is 1. The van der Waals surface area contributed by atoms with Crippen molar-refractivity contribution in [1.82, 2.24) is 5.32 Å². The number of hydrogen-bond acceptors (Lipinski definition) is 2. The van der Waals surface area contributed by atoms with Gasteiger partial charge in [-0.1, -0.05) is 17.7 Å². The molecule has 1 aromatic rings. The Morgan fingerprint density at radius 3 is 2.65 bits per heavy atom. The first kappa shape index (κ1) is 10.8. The maximum atomic E-state index is 12.0. The Morgan fingerprint density at radius 1 is 1.35 bits per heavy atom. The molecule has 1 N–H and O–H groups in total. The molecule has 0 aliphatic heterocycles. The first-order valence-electron chi connectivity index (χ1n) is 5.61. The van der Waals surface area contributed by atoms with Crippen molar-refractivity contribution in [2.75, 3.05) is 0 Å². The number of aldehydes is 1. The number of benzene rings is 1. The monoisotopic (exact) mass is 249 g/mol. The summed E-state index contributed by atoms with van der Waals surface area (Å²) in [6, 6.07) is 6.88. The van der Waals surface area contributed by atoms with Crippen LogP contribution in [0.25, 0.3) is 0 Å². The SMILES string of the molecule is O=CC12CC(NC(=O)c3cccc(Cl)c3)(C1)C2. The highest BCUT2D eigenvalue weighted by Gasteiger charge is 2.68. The zero-order valence-electron chi connectivity index (χ0n) is 9.20. The Balaban J connectivity index is 1.68. The number of carbonyl (C=O) groups is 2.